The third kappa shape index (κ3) is 1.93. The first-order valence-corrected chi connectivity index (χ1v) is 6.40. The van der Waals surface area contributed by atoms with Crippen LogP contribution in [0.2, 0.25) is 0 Å². The predicted octanol–water partition coefficient (Wildman–Crippen LogP) is 2.46. The summed E-state index contributed by atoms with van der Waals surface area (Å²) in [6.07, 6.45) is 1.76. The molecule has 18 heavy (non-hydrogen) atoms. The Morgan fingerprint density at radius 2 is 2.22 bits per heavy atom. The number of carbonyl (C=O) groups excluding carboxylic acids is 1. The average molecular weight is 257 g/mol. The highest BCUT2D eigenvalue weighted by molar-refractivity contribution is 7.20. The van der Waals surface area contributed by atoms with Gasteiger partial charge in [-0.3, -0.25) is 9.48 Å². The number of rotatable bonds is 3. The predicted molar refractivity (Wildman–Crippen MR) is 70.9 cm³/mol. The summed E-state index contributed by atoms with van der Waals surface area (Å²) in [5, 5.41) is 5.08. The van der Waals surface area contributed by atoms with E-state index in [0.29, 0.717) is 12.2 Å². The van der Waals surface area contributed by atoms with Crippen LogP contribution in [0.1, 0.15) is 15.5 Å². The fraction of sp³-hybridized carbons (Fsp3) is 0.154. The number of nitrogens with zero attached hydrogens (tertiary/aromatic N) is 3. The van der Waals surface area contributed by atoms with Gasteiger partial charge in [0.05, 0.1) is 11.3 Å². The minimum Gasteiger partial charge on any atom is -0.293 e. The molecule has 2 heterocycles. The zero-order valence-electron chi connectivity index (χ0n) is 9.83. The lowest BCUT2D eigenvalue weighted by Crippen LogP contribution is -2.07. The fourth-order valence-electron chi connectivity index (χ4n) is 1.83. The van der Waals surface area contributed by atoms with Gasteiger partial charge in [0.2, 0.25) is 0 Å². The molecule has 0 aliphatic rings. The molecule has 0 amide bonds. The van der Waals surface area contributed by atoms with Crippen LogP contribution >= 0.6 is 11.3 Å². The zero-order valence-corrected chi connectivity index (χ0v) is 10.6. The Labute approximate surface area is 108 Å². The van der Waals surface area contributed by atoms with Gasteiger partial charge in [-0.25, -0.2) is 4.98 Å². The van der Waals surface area contributed by atoms with Gasteiger partial charge < -0.3 is 0 Å². The van der Waals surface area contributed by atoms with Crippen molar-refractivity contribution in [2.75, 3.05) is 0 Å². The molecule has 90 valence electrons. The van der Waals surface area contributed by atoms with Crippen LogP contribution in [0.25, 0.3) is 10.1 Å². The summed E-state index contributed by atoms with van der Waals surface area (Å²) in [4.78, 5) is 17.0. The van der Waals surface area contributed by atoms with Crippen molar-refractivity contribution in [3.63, 3.8) is 0 Å². The first kappa shape index (κ1) is 11.1. The number of aryl methyl sites for hydroxylation is 1. The van der Waals surface area contributed by atoms with Crippen molar-refractivity contribution >= 4 is 27.2 Å². The van der Waals surface area contributed by atoms with Gasteiger partial charge in [0, 0.05) is 11.7 Å². The van der Waals surface area contributed by atoms with Crippen molar-refractivity contribution in [3.8, 4) is 0 Å². The van der Waals surface area contributed by atoms with Gasteiger partial charge >= 0.3 is 0 Å². The van der Waals surface area contributed by atoms with E-state index in [1.54, 1.807) is 11.7 Å². The maximum Gasteiger partial charge on any atom is 0.180 e. The highest BCUT2D eigenvalue weighted by Crippen LogP contribution is 2.26. The van der Waals surface area contributed by atoms with E-state index >= 15 is 0 Å². The molecule has 3 rings (SSSR count). The van der Waals surface area contributed by atoms with E-state index in [-0.39, 0.29) is 5.78 Å². The molecule has 1 aromatic carbocycles. The van der Waals surface area contributed by atoms with Crippen LogP contribution in [0.5, 0.6) is 0 Å². The van der Waals surface area contributed by atoms with E-state index in [1.807, 2.05) is 30.3 Å². The van der Waals surface area contributed by atoms with E-state index in [0.717, 1.165) is 15.0 Å². The number of thiophene rings is 1. The molecule has 0 unspecified atom stereocenters. The van der Waals surface area contributed by atoms with Crippen LogP contribution in [0.3, 0.4) is 0 Å². The second kappa shape index (κ2) is 4.34. The number of carbonyl (C=O) groups is 1. The van der Waals surface area contributed by atoms with Crippen LogP contribution in [0, 0.1) is 0 Å². The molecule has 0 saturated carbocycles. The van der Waals surface area contributed by atoms with Crippen molar-refractivity contribution in [1.82, 2.24) is 14.8 Å². The van der Waals surface area contributed by atoms with E-state index in [2.05, 4.69) is 10.1 Å². The third-order valence-electron chi connectivity index (χ3n) is 2.82. The van der Waals surface area contributed by atoms with Gasteiger partial charge in [0.25, 0.3) is 0 Å². The molecule has 4 nitrogen and oxygen atoms in total. The molecular formula is C13H11N3OS. The lowest BCUT2D eigenvalue weighted by molar-refractivity contribution is 0.0993. The smallest absolute Gasteiger partial charge is 0.180 e. The van der Waals surface area contributed by atoms with Gasteiger partial charge in [-0.05, 0) is 17.5 Å². The average Bonchev–Trinajstić information content (AvgIpc) is 2.96. The highest BCUT2D eigenvalue weighted by atomic mass is 32.1. The Hall–Kier alpha value is -2.01. The Morgan fingerprint density at radius 1 is 1.39 bits per heavy atom. The lowest BCUT2D eigenvalue weighted by Gasteiger charge is -1.97. The Bertz CT molecular complexity index is 681. The summed E-state index contributed by atoms with van der Waals surface area (Å²) >= 11 is 1.53. The summed E-state index contributed by atoms with van der Waals surface area (Å²) in [5.74, 6) is 0.782. The molecule has 3 aromatic rings. The standard InChI is InChI=1S/C13H11N3OS/c1-16-13(14-8-15-16)7-10(17)12-6-9-4-2-3-5-11(9)18-12/h2-6,8H,7H2,1H3. The summed E-state index contributed by atoms with van der Waals surface area (Å²) in [7, 11) is 1.79. The number of aromatic nitrogens is 3. The number of hydrogen-bond donors (Lipinski definition) is 0. The van der Waals surface area contributed by atoms with Crippen LogP contribution in [-0.4, -0.2) is 20.5 Å². The molecule has 0 bridgehead atoms. The van der Waals surface area contributed by atoms with Gasteiger partial charge in [-0.2, -0.15) is 5.10 Å². The minimum absolute atomic E-state index is 0.0901. The molecule has 5 heteroatoms. The molecule has 0 N–H and O–H groups in total. The van der Waals surface area contributed by atoms with E-state index < -0.39 is 0 Å². The van der Waals surface area contributed by atoms with Crippen molar-refractivity contribution in [1.29, 1.82) is 0 Å². The highest BCUT2D eigenvalue weighted by Gasteiger charge is 2.13. The normalized spacial score (nSPS) is 10.9. The summed E-state index contributed by atoms with van der Waals surface area (Å²) < 4.78 is 2.77. The van der Waals surface area contributed by atoms with Crippen LogP contribution in [0.4, 0.5) is 0 Å². The van der Waals surface area contributed by atoms with Crippen molar-refractivity contribution in [2.24, 2.45) is 7.05 Å². The second-order valence-corrected chi connectivity index (χ2v) is 5.13. The number of fused-ring (bicyclic) bond motifs is 1. The van der Waals surface area contributed by atoms with Gasteiger partial charge in [0.15, 0.2) is 5.78 Å². The number of ketones is 1. The fourth-order valence-corrected chi connectivity index (χ4v) is 2.83. The molecule has 2 aromatic heterocycles. The van der Waals surface area contributed by atoms with Crippen LogP contribution in [-0.2, 0) is 13.5 Å². The van der Waals surface area contributed by atoms with Gasteiger partial charge in [-0.1, -0.05) is 18.2 Å². The quantitative estimate of drug-likeness (QED) is 0.677. The lowest BCUT2D eigenvalue weighted by atomic mass is 10.2. The second-order valence-electron chi connectivity index (χ2n) is 4.05. The Morgan fingerprint density at radius 3 is 2.94 bits per heavy atom. The largest absolute Gasteiger partial charge is 0.293 e. The minimum atomic E-state index is 0.0901. The number of Topliss-reactive ketones (excluding diaryl/α,β-unsaturated/α-hetero) is 1. The maximum absolute atomic E-state index is 12.2. The maximum atomic E-state index is 12.2. The van der Waals surface area contributed by atoms with Crippen molar-refractivity contribution in [3.05, 3.63) is 47.4 Å². The van der Waals surface area contributed by atoms with E-state index in [4.69, 9.17) is 0 Å². The molecule has 0 aliphatic heterocycles. The molecule has 0 radical (unpaired) electrons. The molecule has 0 spiro atoms. The zero-order chi connectivity index (χ0) is 12.5. The van der Waals surface area contributed by atoms with E-state index in [1.165, 1.54) is 17.7 Å². The molecular weight excluding hydrogens is 246 g/mol. The van der Waals surface area contributed by atoms with E-state index in [9.17, 15) is 4.79 Å². The van der Waals surface area contributed by atoms with Crippen molar-refractivity contribution < 1.29 is 4.79 Å². The summed E-state index contributed by atoms with van der Waals surface area (Å²) in [5.41, 5.74) is 0. The number of hydrogen-bond acceptors (Lipinski definition) is 4. The van der Waals surface area contributed by atoms with Crippen LogP contribution < -0.4 is 0 Å². The molecule has 0 saturated heterocycles. The molecule has 0 fully saturated rings. The first-order chi connectivity index (χ1) is 8.74. The topological polar surface area (TPSA) is 47.8 Å². The summed E-state index contributed by atoms with van der Waals surface area (Å²) in [6.45, 7) is 0. The molecule has 0 atom stereocenters. The molecule has 0 aliphatic carbocycles. The first-order valence-electron chi connectivity index (χ1n) is 5.59. The third-order valence-corrected chi connectivity index (χ3v) is 3.98. The van der Waals surface area contributed by atoms with Crippen molar-refractivity contribution in [2.45, 2.75) is 6.42 Å². The Kier molecular flexibility index (Phi) is 2.68. The van der Waals surface area contributed by atoms with Crippen LogP contribution in [0.15, 0.2) is 36.7 Å². The van der Waals surface area contributed by atoms with Gasteiger partial charge in [0.1, 0.15) is 12.2 Å². The van der Waals surface area contributed by atoms with Gasteiger partial charge in [-0.15, -0.1) is 11.3 Å². The summed E-state index contributed by atoms with van der Waals surface area (Å²) in [6, 6.07) is 9.95. The monoisotopic (exact) mass is 257 g/mol. The SMILES string of the molecule is Cn1ncnc1CC(=O)c1cc2ccccc2s1. The Balaban J connectivity index is 1.90. The number of benzene rings is 1.